The van der Waals surface area contributed by atoms with Crippen molar-refractivity contribution in [2.24, 2.45) is 0 Å². The second-order valence-corrected chi connectivity index (χ2v) is 6.30. The van der Waals surface area contributed by atoms with Crippen molar-refractivity contribution in [3.8, 4) is 11.8 Å². The molecule has 1 saturated heterocycles. The number of amides is 2. The summed E-state index contributed by atoms with van der Waals surface area (Å²) in [6, 6.07) is 14.5. The maximum absolute atomic E-state index is 12.7. The number of rotatable bonds is 2. The Balaban J connectivity index is 1.58. The Kier molecular flexibility index (Phi) is 5.70. The van der Waals surface area contributed by atoms with Gasteiger partial charge in [-0.1, -0.05) is 48.2 Å². The summed E-state index contributed by atoms with van der Waals surface area (Å²) in [5.41, 5.74) is 0.628. The van der Waals surface area contributed by atoms with Gasteiger partial charge >= 0.3 is 12.2 Å². The van der Waals surface area contributed by atoms with E-state index in [-0.39, 0.29) is 24.2 Å². The Morgan fingerprint density at radius 2 is 1.93 bits per heavy atom. The van der Waals surface area contributed by atoms with Crippen molar-refractivity contribution in [1.82, 2.24) is 10.2 Å². The molecule has 0 aromatic heterocycles. The largest absolute Gasteiger partial charge is 0.416 e. The van der Waals surface area contributed by atoms with Gasteiger partial charge in [-0.15, -0.1) is 0 Å². The minimum Gasteiger partial charge on any atom is -0.327 e. The van der Waals surface area contributed by atoms with Gasteiger partial charge in [0.1, 0.15) is 0 Å². The van der Waals surface area contributed by atoms with Crippen molar-refractivity contribution in [2.45, 2.75) is 25.1 Å². The van der Waals surface area contributed by atoms with Gasteiger partial charge < -0.3 is 10.2 Å². The van der Waals surface area contributed by atoms with Crippen LogP contribution in [0, 0.1) is 11.8 Å². The van der Waals surface area contributed by atoms with Crippen LogP contribution in [-0.4, -0.2) is 24.0 Å². The molecule has 1 unspecified atom stereocenters. The number of hydrogen-bond donors (Lipinski definition) is 1. The topological polar surface area (TPSA) is 32.3 Å². The van der Waals surface area contributed by atoms with Crippen molar-refractivity contribution in [1.29, 1.82) is 0 Å². The van der Waals surface area contributed by atoms with Crippen LogP contribution in [0.5, 0.6) is 0 Å². The van der Waals surface area contributed by atoms with E-state index < -0.39 is 11.7 Å². The van der Waals surface area contributed by atoms with Crippen LogP contribution in [0.2, 0.25) is 0 Å². The fraction of sp³-hybridized carbons (Fsp3) is 0.286. The zero-order valence-corrected chi connectivity index (χ0v) is 14.6. The monoisotopic (exact) mass is 372 g/mol. The predicted octanol–water partition coefficient (Wildman–Crippen LogP) is 4.60. The lowest BCUT2D eigenvalue weighted by Crippen LogP contribution is -2.39. The molecule has 1 fully saturated rings. The van der Waals surface area contributed by atoms with E-state index in [2.05, 4.69) is 17.2 Å². The lowest BCUT2D eigenvalue weighted by atomic mass is 10.1. The third-order valence-electron chi connectivity index (χ3n) is 4.45. The molecule has 3 rings (SSSR count). The molecule has 2 aromatic rings. The van der Waals surface area contributed by atoms with Crippen molar-refractivity contribution < 1.29 is 18.0 Å². The molecule has 1 N–H and O–H groups in total. The first-order valence-corrected chi connectivity index (χ1v) is 8.71. The molecule has 2 aromatic carbocycles. The maximum Gasteiger partial charge on any atom is 0.416 e. The first kappa shape index (κ1) is 18.8. The average Bonchev–Trinajstić information content (AvgIpc) is 3.15. The minimum atomic E-state index is -4.39. The Morgan fingerprint density at radius 3 is 2.67 bits per heavy atom. The van der Waals surface area contributed by atoms with Gasteiger partial charge in [0.05, 0.1) is 18.2 Å². The van der Waals surface area contributed by atoms with Crippen LogP contribution in [0.25, 0.3) is 0 Å². The zero-order chi connectivity index (χ0) is 19.3. The molecule has 0 bridgehead atoms. The third-order valence-corrected chi connectivity index (χ3v) is 4.45. The van der Waals surface area contributed by atoms with Crippen LogP contribution < -0.4 is 5.32 Å². The molecule has 1 atom stereocenters. The molecule has 6 heteroatoms. The van der Waals surface area contributed by atoms with Crippen molar-refractivity contribution in [3.63, 3.8) is 0 Å². The molecule has 27 heavy (non-hydrogen) atoms. The number of halogens is 3. The molecule has 0 spiro atoms. The van der Waals surface area contributed by atoms with Crippen LogP contribution in [0.4, 0.5) is 18.0 Å². The highest BCUT2D eigenvalue weighted by Crippen LogP contribution is 2.31. The number of nitrogens with one attached hydrogen (secondary N) is 1. The van der Waals surface area contributed by atoms with E-state index in [1.54, 1.807) is 4.90 Å². The van der Waals surface area contributed by atoms with Crippen LogP contribution in [-0.2, 0) is 6.18 Å². The molecule has 0 saturated carbocycles. The van der Waals surface area contributed by atoms with E-state index in [9.17, 15) is 18.0 Å². The molecule has 2 amide bonds. The summed E-state index contributed by atoms with van der Waals surface area (Å²) in [7, 11) is 0. The highest BCUT2D eigenvalue weighted by molar-refractivity contribution is 5.75. The average molecular weight is 372 g/mol. The second kappa shape index (κ2) is 8.17. The number of likely N-dealkylation sites (tertiary alicyclic amines) is 1. The fourth-order valence-electron chi connectivity index (χ4n) is 3.17. The SMILES string of the molecule is O=C(NCC#Cc1cccc(C(F)(F)F)c1)N1CCCC1c1ccccc1. The van der Waals surface area contributed by atoms with Crippen molar-refractivity contribution >= 4 is 6.03 Å². The fourth-order valence-corrected chi connectivity index (χ4v) is 3.17. The van der Waals surface area contributed by atoms with Crippen molar-refractivity contribution in [3.05, 3.63) is 71.3 Å². The van der Waals surface area contributed by atoms with E-state index in [0.29, 0.717) is 6.54 Å². The highest BCUT2D eigenvalue weighted by atomic mass is 19.4. The number of hydrogen-bond acceptors (Lipinski definition) is 1. The van der Waals surface area contributed by atoms with Gasteiger partial charge in [0.25, 0.3) is 0 Å². The number of nitrogens with zero attached hydrogens (tertiary/aromatic N) is 1. The quantitative estimate of drug-likeness (QED) is 0.768. The molecule has 0 aliphatic carbocycles. The van der Waals surface area contributed by atoms with Crippen LogP contribution >= 0.6 is 0 Å². The van der Waals surface area contributed by atoms with E-state index in [0.717, 1.165) is 30.5 Å². The van der Waals surface area contributed by atoms with Crippen LogP contribution in [0.1, 0.15) is 35.6 Å². The van der Waals surface area contributed by atoms with Crippen LogP contribution in [0.15, 0.2) is 54.6 Å². The predicted molar refractivity (Wildman–Crippen MR) is 96.8 cm³/mol. The summed E-state index contributed by atoms with van der Waals surface area (Å²) < 4.78 is 38.1. The number of carbonyl (C=O) groups excluding carboxylic acids is 1. The summed E-state index contributed by atoms with van der Waals surface area (Å²) in [6.07, 6.45) is -2.55. The summed E-state index contributed by atoms with van der Waals surface area (Å²) in [5, 5.41) is 2.73. The van der Waals surface area contributed by atoms with Gasteiger partial charge in [-0.3, -0.25) is 0 Å². The summed E-state index contributed by atoms with van der Waals surface area (Å²) in [4.78, 5) is 14.2. The molecule has 1 heterocycles. The Morgan fingerprint density at radius 1 is 1.15 bits per heavy atom. The Bertz CT molecular complexity index is 853. The lowest BCUT2D eigenvalue weighted by molar-refractivity contribution is -0.137. The van der Waals surface area contributed by atoms with Gasteiger partial charge in [0.15, 0.2) is 0 Å². The second-order valence-electron chi connectivity index (χ2n) is 6.30. The molecule has 3 nitrogen and oxygen atoms in total. The van der Waals surface area contributed by atoms with Crippen LogP contribution in [0.3, 0.4) is 0 Å². The number of benzene rings is 2. The Hall–Kier alpha value is -2.94. The van der Waals surface area contributed by atoms with E-state index in [1.807, 2.05) is 30.3 Å². The molecule has 1 aliphatic heterocycles. The Labute approximate surface area is 156 Å². The first-order valence-electron chi connectivity index (χ1n) is 8.71. The molecular weight excluding hydrogens is 353 g/mol. The zero-order valence-electron chi connectivity index (χ0n) is 14.6. The maximum atomic E-state index is 12.7. The molecule has 0 radical (unpaired) electrons. The van der Waals surface area contributed by atoms with Gasteiger partial charge in [-0.25, -0.2) is 4.79 Å². The summed E-state index contributed by atoms with van der Waals surface area (Å²) >= 11 is 0. The van der Waals surface area contributed by atoms with E-state index in [1.165, 1.54) is 12.1 Å². The van der Waals surface area contributed by atoms with Gasteiger partial charge in [-0.05, 0) is 36.6 Å². The number of alkyl halides is 3. The molecular formula is C21H19F3N2O. The van der Waals surface area contributed by atoms with Gasteiger partial charge in [-0.2, -0.15) is 13.2 Å². The normalized spacial score (nSPS) is 16.6. The smallest absolute Gasteiger partial charge is 0.327 e. The van der Waals surface area contributed by atoms with E-state index >= 15 is 0 Å². The third kappa shape index (κ3) is 4.82. The minimum absolute atomic E-state index is 0.0441. The van der Waals surface area contributed by atoms with E-state index in [4.69, 9.17) is 0 Å². The summed E-state index contributed by atoms with van der Waals surface area (Å²) in [6.45, 7) is 0.750. The van der Waals surface area contributed by atoms with Gasteiger partial charge in [0.2, 0.25) is 0 Å². The number of carbonyl (C=O) groups is 1. The standard InChI is InChI=1S/C21H19F3N2O/c22-21(23,24)18-11-4-7-16(15-18)8-5-13-25-20(27)26-14-6-12-19(26)17-9-2-1-3-10-17/h1-4,7,9-11,15,19H,6,12-14H2,(H,25,27). The highest BCUT2D eigenvalue weighted by Gasteiger charge is 2.30. The molecule has 1 aliphatic rings. The molecule has 140 valence electrons. The van der Waals surface area contributed by atoms with Crippen molar-refractivity contribution in [2.75, 3.05) is 13.1 Å². The van der Waals surface area contributed by atoms with Gasteiger partial charge in [0, 0.05) is 12.1 Å². The lowest BCUT2D eigenvalue weighted by Gasteiger charge is -2.24. The number of urea groups is 1. The first-order chi connectivity index (χ1) is 12.9. The summed E-state index contributed by atoms with van der Waals surface area (Å²) in [5.74, 6) is 5.38.